The van der Waals surface area contributed by atoms with E-state index < -0.39 is 0 Å². The second-order valence-corrected chi connectivity index (χ2v) is 8.81. The minimum Gasteiger partial charge on any atom is -0.356 e. The Balaban J connectivity index is 1.54. The third kappa shape index (κ3) is 3.31. The molecule has 2 fully saturated rings. The Morgan fingerprint density at radius 1 is 1.28 bits per heavy atom. The number of halogens is 1. The van der Waals surface area contributed by atoms with E-state index in [-0.39, 0.29) is 11.4 Å². The third-order valence-corrected chi connectivity index (χ3v) is 7.48. The summed E-state index contributed by atoms with van der Waals surface area (Å²) in [5.41, 5.74) is 0.0978. The van der Waals surface area contributed by atoms with Crippen LogP contribution in [0.15, 0.2) is 24.3 Å². The summed E-state index contributed by atoms with van der Waals surface area (Å²) < 4.78 is 1.26. The highest BCUT2D eigenvalue weighted by Gasteiger charge is 2.40. The molecule has 6 heteroatoms. The summed E-state index contributed by atoms with van der Waals surface area (Å²) in [6.45, 7) is 4.76. The van der Waals surface area contributed by atoms with Crippen molar-refractivity contribution >= 4 is 38.9 Å². The lowest BCUT2D eigenvalue weighted by Gasteiger charge is -2.49. The maximum Gasteiger partial charge on any atom is 0.220 e. The molecule has 1 atom stereocenters. The van der Waals surface area contributed by atoms with Crippen LogP contribution in [0.2, 0.25) is 5.02 Å². The number of likely N-dealkylation sites (N-methyl/N-ethyl adjacent to an activating group) is 1. The lowest BCUT2D eigenvalue weighted by atomic mass is 9.86. The molecule has 0 saturated carbocycles. The van der Waals surface area contributed by atoms with Crippen LogP contribution >= 0.6 is 22.9 Å². The van der Waals surface area contributed by atoms with Gasteiger partial charge in [-0.25, -0.2) is 0 Å². The van der Waals surface area contributed by atoms with E-state index in [1.165, 1.54) is 9.58 Å². The van der Waals surface area contributed by atoms with Gasteiger partial charge >= 0.3 is 0 Å². The van der Waals surface area contributed by atoms with Gasteiger partial charge in [0.2, 0.25) is 5.91 Å². The predicted octanol–water partition coefficient (Wildman–Crippen LogP) is 3.34. The van der Waals surface area contributed by atoms with Crippen LogP contribution in [0.25, 0.3) is 10.1 Å². The summed E-state index contributed by atoms with van der Waals surface area (Å²) in [4.78, 5) is 18.0. The molecule has 2 aliphatic rings. The number of nitrogens with one attached hydrogen (secondary N) is 1. The maximum absolute atomic E-state index is 11.8. The number of carbonyl (C=O) groups is 1. The van der Waals surface area contributed by atoms with E-state index in [4.69, 9.17) is 11.6 Å². The lowest BCUT2D eigenvalue weighted by Crippen LogP contribution is -2.60. The molecule has 1 amide bonds. The van der Waals surface area contributed by atoms with E-state index >= 15 is 0 Å². The number of benzene rings is 1. The quantitative estimate of drug-likeness (QED) is 0.871. The molecule has 2 aromatic rings. The summed E-state index contributed by atoms with van der Waals surface area (Å²) in [6.07, 6.45) is 2.58. The van der Waals surface area contributed by atoms with Crippen molar-refractivity contribution in [2.75, 3.05) is 33.2 Å². The Labute approximate surface area is 157 Å². The van der Waals surface area contributed by atoms with Crippen molar-refractivity contribution in [3.63, 3.8) is 0 Å². The van der Waals surface area contributed by atoms with E-state index in [2.05, 4.69) is 40.4 Å². The first kappa shape index (κ1) is 17.3. The molecule has 1 aromatic heterocycles. The molecular weight excluding hydrogens is 354 g/mol. The highest BCUT2D eigenvalue weighted by atomic mass is 35.5. The molecule has 1 aromatic carbocycles. The van der Waals surface area contributed by atoms with Gasteiger partial charge in [0.15, 0.2) is 0 Å². The highest BCUT2D eigenvalue weighted by Crippen LogP contribution is 2.37. The molecule has 4 rings (SSSR count). The number of nitrogens with zero attached hydrogens (tertiary/aromatic N) is 2. The van der Waals surface area contributed by atoms with Gasteiger partial charge in [-0.05, 0) is 26.0 Å². The minimum atomic E-state index is 0.0978. The molecule has 0 radical (unpaired) electrons. The zero-order valence-electron chi connectivity index (χ0n) is 14.6. The number of rotatable bonds is 2. The van der Waals surface area contributed by atoms with Gasteiger partial charge < -0.3 is 5.32 Å². The number of amides is 1. The first-order valence-corrected chi connectivity index (χ1v) is 10.1. The van der Waals surface area contributed by atoms with Crippen molar-refractivity contribution in [1.82, 2.24) is 15.1 Å². The number of carbonyl (C=O) groups excluding carboxylic acids is 1. The SMILES string of the molecule is CN1CCN(Cc2sc3ccccc3c2Cl)CC12CCNC(=O)CC2. The normalized spacial score (nSPS) is 26.1. The number of hydrogen-bond donors (Lipinski definition) is 1. The van der Waals surface area contributed by atoms with Crippen molar-refractivity contribution < 1.29 is 4.79 Å². The monoisotopic (exact) mass is 377 g/mol. The third-order valence-electron chi connectivity index (χ3n) is 5.78. The molecule has 2 aliphatic heterocycles. The fourth-order valence-corrected chi connectivity index (χ4v) is 5.72. The second kappa shape index (κ2) is 6.88. The summed E-state index contributed by atoms with van der Waals surface area (Å²) in [5.74, 6) is 0.190. The van der Waals surface area contributed by atoms with Gasteiger partial charge in [0, 0.05) is 59.6 Å². The predicted molar refractivity (Wildman–Crippen MR) is 104 cm³/mol. The van der Waals surface area contributed by atoms with Crippen LogP contribution in [0, 0.1) is 0 Å². The molecule has 1 spiro atoms. The largest absolute Gasteiger partial charge is 0.356 e. The van der Waals surface area contributed by atoms with Gasteiger partial charge in [0.05, 0.1) is 5.02 Å². The van der Waals surface area contributed by atoms with E-state index in [0.717, 1.165) is 56.0 Å². The van der Waals surface area contributed by atoms with E-state index in [9.17, 15) is 4.79 Å². The Bertz CT molecular complexity index is 792. The molecule has 3 heterocycles. The van der Waals surface area contributed by atoms with Crippen LogP contribution in [-0.2, 0) is 11.3 Å². The maximum atomic E-state index is 11.8. The molecular formula is C19H24ClN3OS. The second-order valence-electron chi connectivity index (χ2n) is 7.29. The molecule has 4 nitrogen and oxygen atoms in total. The van der Waals surface area contributed by atoms with Crippen LogP contribution in [-0.4, -0.2) is 54.5 Å². The average Bonchev–Trinajstić information content (AvgIpc) is 2.80. The van der Waals surface area contributed by atoms with Gasteiger partial charge in [0.1, 0.15) is 0 Å². The Kier molecular flexibility index (Phi) is 4.75. The van der Waals surface area contributed by atoms with Crippen molar-refractivity contribution in [3.8, 4) is 0 Å². The zero-order valence-corrected chi connectivity index (χ0v) is 16.1. The fraction of sp³-hybridized carbons (Fsp3) is 0.526. The van der Waals surface area contributed by atoms with Crippen molar-refractivity contribution in [2.45, 2.75) is 31.3 Å². The van der Waals surface area contributed by atoms with E-state index in [1.807, 2.05) is 6.07 Å². The van der Waals surface area contributed by atoms with Crippen LogP contribution in [0.1, 0.15) is 24.1 Å². The summed E-state index contributed by atoms with van der Waals surface area (Å²) in [5, 5.41) is 5.10. The number of piperazine rings is 1. The summed E-state index contributed by atoms with van der Waals surface area (Å²) in [7, 11) is 2.21. The Hall–Kier alpha value is -1.14. The molecule has 1 unspecified atom stereocenters. The van der Waals surface area contributed by atoms with Crippen LogP contribution < -0.4 is 5.32 Å². The minimum absolute atomic E-state index is 0.0978. The highest BCUT2D eigenvalue weighted by molar-refractivity contribution is 7.19. The van der Waals surface area contributed by atoms with Gasteiger partial charge in [0.25, 0.3) is 0 Å². The zero-order chi connectivity index (χ0) is 17.4. The number of hydrogen-bond acceptors (Lipinski definition) is 4. The first-order chi connectivity index (χ1) is 12.1. The van der Waals surface area contributed by atoms with Crippen LogP contribution in [0.5, 0.6) is 0 Å². The van der Waals surface area contributed by atoms with E-state index in [1.54, 1.807) is 11.3 Å². The molecule has 25 heavy (non-hydrogen) atoms. The van der Waals surface area contributed by atoms with Crippen molar-refractivity contribution in [2.24, 2.45) is 0 Å². The number of fused-ring (bicyclic) bond motifs is 1. The molecule has 134 valence electrons. The molecule has 0 bridgehead atoms. The lowest BCUT2D eigenvalue weighted by molar-refractivity contribution is -0.121. The van der Waals surface area contributed by atoms with Gasteiger partial charge in [-0.3, -0.25) is 14.6 Å². The van der Waals surface area contributed by atoms with Crippen LogP contribution in [0.4, 0.5) is 0 Å². The summed E-state index contributed by atoms with van der Waals surface area (Å²) >= 11 is 8.45. The van der Waals surface area contributed by atoms with Gasteiger partial charge in [-0.2, -0.15) is 0 Å². The Morgan fingerprint density at radius 2 is 2.12 bits per heavy atom. The van der Waals surface area contributed by atoms with Crippen LogP contribution in [0.3, 0.4) is 0 Å². The fourth-order valence-electron chi connectivity index (χ4n) is 4.18. The van der Waals surface area contributed by atoms with Gasteiger partial charge in [-0.1, -0.05) is 29.8 Å². The molecule has 0 aliphatic carbocycles. The van der Waals surface area contributed by atoms with Crippen molar-refractivity contribution in [1.29, 1.82) is 0 Å². The first-order valence-electron chi connectivity index (χ1n) is 8.94. The van der Waals surface area contributed by atoms with Crippen molar-refractivity contribution in [3.05, 3.63) is 34.2 Å². The molecule has 1 N–H and O–H groups in total. The molecule has 2 saturated heterocycles. The smallest absolute Gasteiger partial charge is 0.220 e. The van der Waals surface area contributed by atoms with E-state index in [0.29, 0.717) is 6.42 Å². The number of thiophene rings is 1. The average molecular weight is 378 g/mol. The Morgan fingerprint density at radius 3 is 2.96 bits per heavy atom. The standard InChI is InChI=1S/C19H24ClN3OS/c1-22-10-11-23(13-19(22)7-6-17(24)21-9-8-19)12-16-18(20)14-4-2-3-5-15(14)25-16/h2-5H,6-13H2,1H3,(H,21,24). The summed E-state index contributed by atoms with van der Waals surface area (Å²) in [6, 6.07) is 8.36. The topological polar surface area (TPSA) is 35.6 Å². The van der Waals surface area contributed by atoms with Gasteiger partial charge in [-0.15, -0.1) is 11.3 Å².